The highest BCUT2D eigenvalue weighted by atomic mass is 16.1. The van der Waals surface area contributed by atoms with Gasteiger partial charge in [0.05, 0.1) is 34.8 Å². The number of carbonyl (C=O) groups excluding carboxylic acids is 1. The summed E-state index contributed by atoms with van der Waals surface area (Å²) >= 11 is 0. The van der Waals surface area contributed by atoms with Crippen molar-refractivity contribution in [2.24, 2.45) is 0 Å². The maximum atomic E-state index is 12.6. The molecule has 1 heterocycles. The van der Waals surface area contributed by atoms with Gasteiger partial charge in [0.25, 0.3) is 5.91 Å². The largest absolute Gasteiger partial charge is 0.322 e. The number of anilines is 1. The molecule has 3 rings (SSSR count). The average Bonchev–Trinajstić information content (AvgIpc) is 3.06. The normalized spacial score (nSPS) is 10.2. The fraction of sp³-hybridized carbons (Fsp3) is 0.105. The van der Waals surface area contributed by atoms with Gasteiger partial charge in [-0.15, -0.1) is 0 Å². The van der Waals surface area contributed by atoms with Crippen molar-refractivity contribution in [1.82, 2.24) is 9.78 Å². The van der Waals surface area contributed by atoms with Gasteiger partial charge in [0.15, 0.2) is 0 Å². The third-order valence-corrected chi connectivity index (χ3v) is 3.70. The quantitative estimate of drug-likeness (QED) is 0.800. The van der Waals surface area contributed by atoms with Gasteiger partial charge in [-0.3, -0.25) is 4.79 Å². The van der Waals surface area contributed by atoms with Crippen molar-refractivity contribution in [3.63, 3.8) is 0 Å². The van der Waals surface area contributed by atoms with Gasteiger partial charge in [0.2, 0.25) is 0 Å². The van der Waals surface area contributed by atoms with E-state index < -0.39 is 0 Å². The van der Waals surface area contributed by atoms with Crippen molar-refractivity contribution in [2.45, 2.75) is 13.3 Å². The first-order chi connectivity index (χ1) is 11.7. The Morgan fingerprint density at radius 3 is 2.71 bits per heavy atom. The maximum Gasteiger partial charge on any atom is 0.259 e. The van der Waals surface area contributed by atoms with Crippen LogP contribution in [0.5, 0.6) is 0 Å². The summed E-state index contributed by atoms with van der Waals surface area (Å²) in [4.78, 5) is 12.6. The zero-order chi connectivity index (χ0) is 16.9. The van der Waals surface area contributed by atoms with E-state index in [0.29, 0.717) is 23.2 Å². The van der Waals surface area contributed by atoms with Crippen LogP contribution in [0.1, 0.15) is 28.5 Å². The Hall–Kier alpha value is -3.39. The lowest BCUT2D eigenvalue weighted by molar-refractivity contribution is 0.102. The monoisotopic (exact) mass is 316 g/mol. The summed E-state index contributed by atoms with van der Waals surface area (Å²) in [5, 5.41) is 16.1. The maximum absolute atomic E-state index is 12.6. The van der Waals surface area contributed by atoms with Crippen molar-refractivity contribution in [3.05, 3.63) is 77.6 Å². The van der Waals surface area contributed by atoms with Gasteiger partial charge < -0.3 is 5.32 Å². The molecule has 0 atom stereocenters. The molecule has 0 aliphatic rings. The predicted molar refractivity (Wildman–Crippen MR) is 92.1 cm³/mol. The smallest absolute Gasteiger partial charge is 0.259 e. The number of hydrogen-bond donors (Lipinski definition) is 1. The zero-order valence-corrected chi connectivity index (χ0v) is 13.2. The number of nitrogens with one attached hydrogen (secondary N) is 1. The van der Waals surface area contributed by atoms with Gasteiger partial charge in [-0.25, -0.2) is 4.68 Å². The van der Waals surface area contributed by atoms with Crippen LogP contribution in [0, 0.1) is 11.3 Å². The van der Waals surface area contributed by atoms with E-state index in [0.717, 1.165) is 11.4 Å². The third kappa shape index (κ3) is 3.03. The van der Waals surface area contributed by atoms with Gasteiger partial charge in [-0.2, -0.15) is 10.4 Å². The van der Waals surface area contributed by atoms with E-state index in [1.165, 1.54) is 0 Å². The average molecular weight is 316 g/mol. The molecule has 24 heavy (non-hydrogen) atoms. The number of benzene rings is 2. The van der Waals surface area contributed by atoms with E-state index in [9.17, 15) is 4.79 Å². The Kier molecular flexibility index (Phi) is 4.39. The second-order valence-electron chi connectivity index (χ2n) is 5.25. The van der Waals surface area contributed by atoms with Crippen LogP contribution in [0.2, 0.25) is 0 Å². The third-order valence-electron chi connectivity index (χ3n) is 3.70. The van der Waals surface area contributed by atoms with Gasteiger partial charge in [0.1, 0.15) is 0 Å². The lowest BCUT2D eigenvalue weighted by atomic mass is 10.1. The second-order valence-corrected chi connectivity index (χ2v) is 5.25. The van der Waals surface area contributed by atoms with E-state index in [4.69, 9.17) is 5.26 Å². The van der Waals surface area contributed by atoms with Crippen LogP contribution >= 0.6 is 0 Å². The number of hydrogen-bond acceptors (Lipinski definition) is 3. The summed E-state index contributed by atoms with van der Waals surface area (Å²) in [5.41, 5.74) is 3.38. The molecule has 2 aromatic carbocycles. The molecular weight excluding hydrogens is 300 g/mol. The standard InChI is InChI=1S/C19H16N4O/c1-2-18-17(13-21-23(18)16-9-4-3-5-10-16)19(24)22-15-8-6-7-14(11-15)12-20/h3-11,13H,2H2,1H3,(H,22,24). The van der Waals surface area contributed by atoms with E-state index in [-0.39, 0.29) is 5.91 Å². The number of nitrogens with zero attached hydrogens (tertiary/aromatic N) is 3. The van der Waals surface area contributed by atoms with Crippen LogP contribution in [0.3, 0.4) is 0 Å². The number of amides is 1. The number of rotatable bonds is 4. The van der Waals surface area contributed by atoms with E-state index in [2.05, 4.69) is 16.5 Å². The summed E-state index contributed by atoms with van der Waals surface area (Å²) in [5.74, 6) is -0.232. The molecule has 1 aromatic heterocycles. The molecule has 0 saturated carbocycles. The molecule has 0 radical (unpaired) electrons. The number of nitriles is 1. The minimum absolute atomic E-state index is 0.232. The highest BCUT2D eigenvalue weighted by Crippen LogP contribution is 2.18. The van der Waals surface area contributed by atoms with E-state index in [1.807, 2.05) is 37.3 Å². The summed E-state index contributed by atoms with van der Waals surface area (Å²) in [6.07, 6.45) is 2.26. The highest BCUT2D eigenvalue weighted by Gasteiger charge is 2.17. The second kappa shape index (κ2) is 6.80. The Morgan fingerprint density at radius 1 is 1.21 bits per heavy atom. The minimum Gasteiger partial charge on any atom is -0.322 e. The molecule has 0 fully saturated rings. The molecule has 0 bridgehead atoms. The summed E-state index contributed by atoms with van der Waals surface area (Å²) in [6.45, 7) is 1.99. The SMILES string of the molecule is CCc1c(C(=O)Nc2cccc(C#N)c2)cnn1-c1ccccc1. The molecule has 118 valence electrons. The lowest BCUT2D eigenvalue weighted by Crippen LogP contribution is -2.14. The first-order valence-corrected chi connectivity index (χ1v) is 7.66. The van der Waals surface area contributed by atoms with Gasteiger partial charge >= 0.3 is 0 Å². The van der Waals surface area contributed by atoms with Crippen LogP contribution in [0.4, 0.5) is 5.69 Å². The van der Waals surface area contributed by atoms with Crippen molar-refractivity contribution in [3.8, 4) is 11.8 Å². The van der Waals surface area contributed by atoms with Crippen LogP contribution in [0.15, 0.2) is 60.8 Å². The molecule has 0 aliphatic carbocycles. The number of para-hydroxylation sites is 1. The van der Waals surface area contributed by atoms with Crippen molar-refractivity contribution >= 4 is 11.6 Å². The first kappa shape index (κ1) is 15.5. The Morgan fingerprint density at radius 2 is 2.00 bits per heavy atom. The predicted octanol–water partition coefficient (Wildman–Crippen LogP) is 3.56. The fourth-order valence-corrected chi connectivity index (χ4v) is 2.56. The molecule has 0 unspecified atom stereocenters. The zero-order valence-electron chi connectivity index (χ0n) is 13.2. The molecule has 0 spiro atoms. The molecule has 0 aliphatic heterocycles. The van der Waals surface area contributed by atoms with Crippen LogP contribution in [-0.2, 0) is 6.42 Å². The van der Waals surface area contributed by atoms with Crippen molar-refractivity contribution in [1.29, 1.82) is 5.26 Å². The summed E-state index contributed by atoms with van der Waals surface area (Å²) < 4.78 is 1.78. The van der Waals surface area contributed by atoms with Gasteiger partial charge in [-0.1, -0.05) is 31.2 Å². The van der Waals surface area contributed by atoms with Crippen LogP contribution in [-0.4, -0.2) is 15.7 Å². The molecule has 1 N–H and O–H groups in total. The number of aromatic nitrogens is 2. The Bertz CT molecular complexity index is 907. The highest BCUT2D eigenvalue weighted by molar-refractivity contribution is 6.05. The van der Waals surface area contributed by atoms with Crippen molar-refractivity contribution in [2.75, 3.05) is 5.32 Å². The Balaban J connectivity index is 1.91. The van der Waals surface area contributed by atoms with Crippen LogP contribution < -0.4 is 5.32 Å². The Labute approximate surface area is 140 Å². The first-order valence-electron chi connectivity index (χ1n) is 7.66. The lowest BCUT2D eigenvalue weighted by Gasteiger charge is -2.08. The summed E-state index contributed by atoms with van der Waals surface area (Å²) in [6, 6.07) is 18.6. The van der Waals surface area contributed by atoms with Crippen LogP contribution in [0.25, 0.3) is 5.69 Å². The van der Waals surface area contributed by atoms with E-state index in [1.54, 1.807) is 35.1 Å². The topological polar surface area (TPSA) is 70.7 Å². The molecule has 5 heteroatoms. The molecule has 1 amide bonds. The number of carbonyl (C=O) groups is 1. The van der Waals surface area contributed by atoms with E-state index >= 15 is 0 Å². The van der Waals surface area contributed by atoms with Gasteiger partial charge in [-0.05, 0) is 36.8 Å². The molecule has 3 aromatic rings. The molecular formula is C19H16N4O. The van der Waals surface area contributed by atoms with Crippen molar-refractivity contribution < 1.29 is 4.79 Å². The summed E-state index contributed by atoms with van der Waals surface area (Å²) in [7, 11) is 0. The van der Waals surface area contributed by atoms with Gasteiger partial charge in [0, 0.05) is 5.69 Å². The fourth-order valence-electron chi connectivity index (χ4n) is 2.56. The minimum atomic E-state index is -0.232. The molecule has 0 saturated heterocycles. The molecule has 5 nitrogen and oxygen atoms in total.